The van der Waals surface area contributed by atoms with Crippen LogP contribution in [0, 0.1) is 0 Å². The molecule has 0 saturated heterocycles. The van der Waals surface area contributed by atoms with Crippen LogP contribution in [0.5, 0.6) is 0 Å². The maximum atomic E-state index is 11.7. The van der Waals surface area contributed by atoms with Crippen LogP contribution in [0.15, 0.2) is 0 Å². The monoisotopic (exact) mass is 275 g/mol. The number of rotatable bonds is 9. The largest absolute Gasteiger partial charge is 0.395 e. The average Bonchev–Trinajstić information content (AvgIpc) is 2.42. The van der Waals surface area contributed by atoms with Gasteiger partial charge in [-0.15, -0.1) is 0 Å². The van der Waals surface area contributed by atoms with Crippen LogP contribution in [0.4, 0.5) is 0 Å². The zero-order valence-corrected chi connectivity index (χ0v) is 11.8. The van der Waals surface area contributed by atoms with Crippen molar-refractivity contribution in [1.82, 2.24) is 15.1 Å². The van der Waals surface area contributed by atoms with Gasteiger partial charge in [-0.1, -0.05) is 13.8 Å². The van der Waals surface area contributed by atoms with E-state index in [1.807, 2.05) is 13.8 Å². The number of nitrogens with zero attached hydrogens (tertiary/aromatic N) is 2. The summed E-state index contributed by atoms with van der Waals surface area (Å²) in [6.45, 7) is 6.54. The molecule has 0 aliphatic carbocycles. The number of hydrogen-bond acceptors (Lipinski definition) is 5. The molecule has 0 aromatic rings. The predicted octanol–water partition coefficient (Wildman–Crippen LogP) is -1.74. The van der Waals surface area contributed by atoms with E-state index in [2.05, 4.69) is 10.2 Å². The Hall–Kier alpha value is -1.18. The highest BCUT2D eigenvalue weighted by Gasteiger charge is 2.20. The zero-order valence-electron chi connectivity index (χ0n) is 11.8. The summed E-state index contributed by atoms with van der Waals surface area (Å²) in [4.78, 5) is 26.6. The van der Waals surface area contributed by atoms with Gasteiger partial charge in [0, 0.05) is 26.2 Å². The lowest BCUT2D eigenvalue weighted by atomic mass is 10.4. The van der Waals surface area contributed by atoms with E-state index < -0.39 is 11.8 Å². The van der Waals surface area contributed by atoms with Crippen molar-refractivity contribution < 1.29 is 19.8 Å². The number of likely N-dealkylation sites (N-methyl/N-ethyl adjacent to an activating group) is 1. The molecule has 0 radical (unpaired) electrons. The Morgan fingerprint density at radius 1 is 1.00 bits per heavy atom. The topological polar surface area (TPSA) is 93.1 Å². The summed E-state index contributed by atoms with van der Waals surface area (Å²) >= 11 is 0. The maximum Gasteiger partial charge on any atom is 0.312 e. The standard InChI is InChI=1S/C12H25N3O4/c1-3-14(4-2)6-5-13-11(18)12(19)15(7-9-16)8-10-17/h16-17H,3-10H2,1-2H3,(H,13,18). The third kappa shape index (κ3) is 7.09. The van der Waals surface area contributed by atoms with Crippen molar-refractivity contribution >= 4 is 11.8 Å². The molecule has 7 heteroatoms. The first-order chi connectivity index (χ1) is 9.10. The summed E-state index contributed by atoms with van der Waals surface area (Å²) in [5.41, 5.74) is 0. The number of amides is 2. The van der Waals surface area contributed by atoms with Gasteiger partial charge >= 0.3 is 11.8 Å². The summed E-state index contributed by atoms with van der Waals surface area (Å²) in [6, 6.07) is 0. The van der Waals surface area contributed by atoms with Crippen molar-refractivity contribution in [2.75, 3.05) is 52.5 Å². The Morgan fingerprint density at radius 3 is 1.95 bits per heavy atom. The number of carbonyl (C=O) groups is 2. The van der Waals surface area contributed by atoms with Crippen LogP contribution >= 0.6 is 0 Å². The third-order valence-corrected chi connectivity index (χ3v) is 2.83. The minimum atomic E-state index is -0.720. The maximum absolute atomic E-state index is 11.7. The summed E-state index contributed by atoms with van der Waals surface area (Å²) < 4.78 is 0. The van der Waals surface area contributed by atoms with Gasteiger partial charge in [-0.2, -0.15) is 0 Å². The van der Waals surface area contributed by atoms with Gasteiger partial charge in [0.25, 0.3) is 0 Å². The van der Waals surface area contributed by atoms with E-state index in [1.165, 1.54) is 0 Å². The normalized spacial score (nSPS) is 10.6. The highest BCUT2D eigenvalue weighted by atomic mass is 16.3. The second-order valence-electron chi connectivity index (χ2n) is 4.02. The van der Waals surface area contributed by atoms with Crippen molar-refractivity contribution in [2.24, 2.45) is 0 Å². The summed E-state index contributed by atoms with van der Waals surface area (Å²) in [7, 11) is 0. The molecule has 0 aliphatic heterocycles. The molecule has 112 valence electrons. The number of hydrogen-bond donors (Lipinski definition) is 3. The predicted molar refractivity (Wildman–Crippen MR) is 71.5 cm³/mol. The fraction of sp³-hybridized carbons (Fsp3) is 0.833. The highest BCUT2D eigenvalue weighted by Crippen LogP contribution is 1.90. The Balaban J connectivity index is 4.13. The molecule has 7 nitrogen and oxygen atoms in total. The Labute approximate surface area is 114 Å². The van der Waals surface area contributed by atoms with Crippen molar-refractivity contribution in [3.63, 3.8) is 0 Å². The number of nitrogens with one attached hydrogen (secondary N) is 1. The molecule has 0 fully saturated rings. The molecule has 3 N–H and O–H groups in total. The van der Waals surface area contributed by atoms with Gasteiger partial charge in [0.1, 0.15) is 0 Å². The average molecular weight is 275 g/mol. The van der Waals surface area contributed by atoms with Gasteiger partial charge in [-0.05, 0) is 13.1 Å². The van der Waals surface area contributed by atoms with E-state index >= 15 is 0 Å². The second-order valence-corrected chi connectivity index (χ2v) is 4.02. The molecule has 0 bridgehead atoms. The molecule has 0 aliphatic rings. The quantitative estimate of drug-likeness (QED) is 0.434. The van der Waals surface area contributed by atoms with Crippen molar-refractivity contribution in [2.45, 2.75) is 13.8 Å². The molecule has 0 saturated carbocycles. The number of carbonyl (C=O) groups excluding carboxylic acids is 2. The van der Waals surface area contributed by atoms with E-state index in [-0.39, 0.29) is 26.3 Å². The molecular formula is C12H25N3O4. The summed E-state index contributed by atoms with van der Waals surface area (Å²) in [5.74, 6) is -1.42. The Bertz CT molecular complexity index is 264. The van der Waals surface area contributed by atoms with Crippen molar-refractivity contribution in [3.8, 4) is 0 Å². The molecule has 0 rings (SSSR count). The smallest absolute Gasteiger partial charge is 0.312 e. The molecule has 0 heterocycles. The van der Waals surface area contributed by atoms with E-state index in [4.69, 9.17) is 10.2 Å². The SMILES string of the molecule is CCN(CC)CCNC(=O)C(=O)N(CCO)CCO. The van der Waals surface area contributed by atoms with Gasteiger partial charge in [-0.25, -0.2) is 0 Å². The second kappa shape index (κ2) is 10.7. The minimum absolute atomic E-state index is 0.0445. The zero-order chi connectivity index (χ0) is 14.7. The van der Waals surface area contributed by atoms with Crippen LogP contribution in [0.25, 0.3) is 0 Å². The number of aliphatic hydroxyl groups is 2. The molecular weight excluding hydrogens is 250 g/mol. The van der Waals surface area contributed by atoms with Gasteiger partial charge in [0.05, 0.1) is 13.2 Å². The van der Waals surface area contributed by atoms with Crippen LogP contribution in [-0.2, 0) is 9.59 Å². The minimum Gasteiger partial charge on any atom is -0.395 e. The Morgan fingerprint density at radius 2 is 1.53 bits per heavy atom. The lowest BCUT2D eigenvalue weighted by molar-refractivity contribution is -0.146. The van der Waals surface area contributed by atoms with Gasteiger partial charge < -0.3 is 25.3 Å². The van der Waals surface area contributed by atoms with Gasteiger partial charge in [0.2, 0.25) is 0 Å². The van der Waals surface area contributed by atoms with Crippen LogP contribution in [0.1, 0.15) is 13.8 Å². The van der Waals surface area contributed by atoms with Gasteiger partial charge in [0.15, 0.2) is 0 Å². The first-order valence-corrected chi connectivity index (χ1v) is 6.61. The fourth-order valence-electron chi connectivity index (χ4n) is 1.64. The molecule has 0 unspecified atom stereocenters. The summed E-state index contributed by atoms with van der Waals surface area (Å²) in [6.07, 6.45) is 0. The van der Waals surface area contributed by atoms with Crippen molar-refractivity contribution in [3.05, 3.63) is 0 Å². The number of aliphatic hydroxyl groups excluding tert-OH is 2. The molecule has 0 aromatic carbocycles. The molecule has 0 aromatic heterocycles. The highest BCUT2D eigenvalue weighted by molar-refractivity contribution is 6.35. The molecule has 0 spiro atoms. The lowest BCUT2D eigenvalue weighted by Crippen LogP contribution is -2.46. The molecule has 19 heavy (non-hydrogen) atoms. The lowest BCUT2D eigenvalue weighted by Gasteiger charge is -2.21. The van der Waals surface area contributed by atoms with Crippen LogP contribution in [0.2, 0.25) is 0 Å². The molecule has 2 amide bonds. The van der Waals surface area contributed by atoms with Gasteiger partial charge in [-0.3, -0.25) is 9.59 Å². The van der Waals surface area contributed by atoms with E-state index in [0.29, 0.717) is 13.1 Å². The van der Waals surface area contributed by atoms with E-state index in [0.717, 1.165) is 18.0 Å². The first-order valence-electron chi connectivity index (χ1n) is 6.61. The van der Waals surface area contributed by atoms with Crippen LogP contribution in [-0.4, -0.2) is 84.3 Å². The third-order valence-electron chi connectivity index (χ3n) is 2.83. The van der Waals surface area contributed by atoms with E-state index in [9.17, 15) is 9.59 Å². The van der Waals surface area contributed by atoms with Crippen molar-refractivity contribution in [1.29, 1.82) is 0 Å². The molecule has 0 atom stereocenters. The van der Waals surface area contributed by atoms with E-state index in [1.54, 1.807) is 0 Å². The van der Waals surface area contributed by atoms with Crippen LogP contribution < -0.4 is 5.32 Å². The van der Waals surface area contributed by atoms with Crippen LogP contribution in [0.3, 0.4) is 0 Å². The Kier molecular flexibility index (Phi) is 10.1. The fourth-order valence-corrected chi connectivity index (χ4v) is 1.64. The summed E-state index contributed by atoms with van der Waals surface area (Å²) in [5, 5.41) is 20.1. The first kappa shape index (κ1) is 17.8.